The molecule has 0 saturated carbocycles. The molecule has 0 spiro atoms. The van der Waals surface area contributed by atoms with Gasteiger partial charge < -0.3 is 0 Å². The number of unbranched alkanes of at least 4 members (excludes halogenated alkanes) is 6. The maximum Gasteiger partial charge on any atom is 0.0304 e. The molecule has 1 unspecified atom stereocenters. The molecule has 0 amide bonds. The van der Waals surface area contributed by atoms with E-state index in [-0.39, 0.29) is 0 Å². The van der Waals surface area contributed by atoms with Crippen molar-refractivity contribution < 1.29 is 0 Å². The smallest absolute Gasteiger partial charge is 0.0304 e. The van der Waals surface area contributed by atoms with E-state index in [0.717, 1.165) is 10.2 Å². The third-order valence-corrected chi connectivity index (χ3v) is 5.36. The maximum absolute atomic E-state index is 5.67. The lowest BCUT2D eigenvalue weighted by molar-refractivity contribution is 0.492. The van der Waals surface area contributed by atoms with Gasteiger partial charge in [0.1, 0.15) is 0 Å². The third-order valence-electron chi connectivity index (χ3n) is 3.66. The Morgan fingerprint density at radius 2 is 1.67 bits per heavy atom. The van der Waals surface area contributed by atoms with Gasteiger partial charge in [0.25, 0.3) is 0 Å². The van der Waals surface area contributed by atoms with E-state index in [9.17, 15) is 0 Å². The number of rotatable bonds is 12. The van der Waals surface area contributed by atoms with Gasteiger partial charge >= 0.3 is 0 Å². The molecular weight excluding hydrogens is 344 g/mol. The summed E-state index contributed by atoms with van der Waals surface area (Å²) in [4.78, 5) is 1.30. The molecule has 0 aliphatic rings. The maximum atomic E-state index is 5.67. The van der Waals surface area contributed by atoms with E-state index < -0.39 is 0 Å². The van der Waals surface area contributed by atoms with Crippen LogP contribution in [0.3, 0.4) is 0 Å². The van der Waals surface area contributed by atoms with Crippen molar-refractivity contribution >= 4 is 27.7 Å². The van der Waals surface area contributed by atoms with Crippen LogP contribution in [0.2, 0.25) is 0 Å². The Bertz CT molecular complexity index is 356. The Hall–Kier alpha value is -0.0300. The van der Waals surface area contributed by atoms with Gasteiger partial charge in [-0.2, -0.15) is 0 Å². The molecule has 0 bridgehead atoms. The van der Waals surface area contributed by atoms with Crippen molar-refractivity contribution in [2.75, 3.05) is 5.75 Å². The molecule has 1 rings (SSSR count). The lowest BCUT2D eigenvalue weighted by Gasteiger charge is -2.15. The summed E-state index contributed by atoms with van der Waals surface area (Å²) in [5.74, 6) is 6.71. The van der Waals surface area contributed by atoms with Crippen LogP contribution in [0, 0.1) is 0 Å². The van der Waals surface area contributed by atoms with Crippen LogP contribution in [0.15, 0.2) is 33.6 Å². The van der Waals surface area contributed by atoms with E-state index >= 15 is 0 Å². The third kappa shape index (κ3) is 9.56. The predicted molar refractivity (Wildman–Crippen MR) is 98.6 cm³/mol. The molecule has 1 aromatic rings. The zero-order valence-corrected chi connectivity index (χ0v) is 15.5. The van der Waals surface area contributed by atoms with E-state index in [1.807, 2.05) is 11.8 Å². The van der Waals surface area contributed by atoms with Crippen molar-refractivity contribution in [1.29, 1.82) is 0 Å². The van der Waals surface area contributed by atoms with Crippen LogP contribution in [0.25, 0.3) is 0 Å². The lowest BCUT2D eigenvalue weighted by atomic mass is 10.1. The minimum absolute atomic E-state index is 0.411. The molecule has 0 heterocycles. The second kappa shape index (κ2) is 12.5. The van der Waals surface area contributed by atoms with E-state index in [1.54, 1.807) is 0 Å². The monoisotopic (exact) mass is 372 g/mol. The number of nitrogens with one attached hydrogen (secondary N) is 1. The van der Waals surface area contributed by atoms with Crippen LogP contribution < -0.4 is 11.3 Å². The minimum atomic E-state index is 0.411. The molecule has 0 saturated heterocycles. The van der Waals surface area contributed by atoms with Crippen molar-refractivity contribution in [2.24, 2.45) is 5.84 Å². The van der Waals surface area contributed by atoms with Crippen LogP contribution >= 0.6 is 27.7 Å². The summed E-state index contributed by atoms with van der Waals surface area (Å²) >= 11 is 5.34. The first-order chi connectivity index (χ1) is 10.3. The van der Waals surface area contributed by atoms with Gasteiger partial charge in [0.15, 0.2) is 0 Å². The normalized spacial score (nSPS) is 12.5. The number of nitrogens with two attached hydrogens (primary N) is 1. The standard InChI is InChI=1S/C17H29BrN2S/c1-2-3-4-5-6-7-8-9-16(20-19)14-21-17-12-10-15(18)11-13-17/h10-13,16,20H,2-9,14,19H2,1H3. The second-order valence-electron chi connectivity index (χ2n) is 5.54. The quantitative estimate of drug-likeness (QED) is 0.219. The van der Waals surface area contributed by atoms with Crippen molar-refractivity contribution in [2.45, 2.75) is 69.2 Å². The van der Waals surface area contributed by atoms with Gasteiger partial charge in [0, 0.05) is 21.2 Å². The molecule has 0 radical (unpaired) electrons. The highest BCUT2D eigenvalue weighted by molar-refractivity contribution is 9.10. The fourth-order valence-electron chi connectivity index (χ4n) is 2.29. The number of thioether (sulfide) groups is 1. The Balaban J connectivity index is 2.09. The molecule has 0 aliphatic heterocycles. The van der Waals surface area contributed by atoms with Gasteiger partial charge in [0.05, 0.1) is 0 Å². The molecule has 0 aromatic heterocycles. The van der Waals surface area contributed by atoms with Crippen LogP contribution in [0.5, 0.6) is 0 Å². The summed E-state index contributed by atoms with van der Waals surface area (Å²) in [7, 11) is 0. The van der Waals surface area contributed by atoms with Crippen LogP contribution in [0.1, 0.15) is 58.3 Å². The highest BCUT2D eigenvalue weighted by atomic mass is 79.9. The predicted octanol–water partition coefficient (Wildman–Crippen LogP) is 5.51. The number of hydrogen-bond acceptors (Lipinski definition) is 3. The average Bonchev–Trinajstić information content (AvgIpc) is 2.51. The Morgan fingerprint density at radius 3 is 2.29 bits per heavy atom. The molecule has 1 aromatic carbocycles. The molecule has 0 fully saturated rings. The van der Waals surface area contributed by atoms with Gasteiger partial charge in [-0.05, 0) is 30.7 Å². The topological polar surface area (TPSA) is 38.0 Å². The second-order valence-corrected chi connectivity index (χ2v) is 7.55. The fraction of sp³-hybridized carbons (Fsp3) is 0.647. The van der Waals surface area contributed by atoms with Crippen LogP contribution in [0.4, 0.5) is 0 Å². The van der Waals surface area contributed by atoms with Crippen LogP contribution in [-0.2, 0) is 0 Å². The van der Waals surface area contributed by atoms with Gasteiger partial charge in [0.2, 0.25) is 0 Å². The van der Waals surface area contributed by atoms with Gasteiger partial charge in [-0.15, -0.1) is 11.8 Å². The van der Waals surface area contributed by atoms with E-state index in [4.69, 9.17) is 5.84 Å². The number of hydrazine groups is 1. The summed E-state index contributed by atoms with van der Waals surface area (Å²) < 4.78 is 1.13. The molecule has 0 aliphatic carbocycles. The summed E-state index contributed by atoms with van der Waals surface area (Å²) in [5.41, 5.74) is 2.96. The van der Waals surface area contributed by atoms with Crippen LogP contribution in [-0.4, -0.2) is 11.8 Å². The van der Waals surface area contributed by atoms with Crippen molar-refractivity contribution in [1.82, 2.24) is 5.43 Å². The largest absolute Gasteiger partial charge is 0.271 e. The number of hydrogen-bond donors (Lipinski definition) is 2. The minimum Gasteiger partial charge on any atom is -0.271 e. The first kappa shape index (κ1) is 19.0. The summed E-state index contributed by atoms with van der Waals surface area (Å²) in [6.07, 6.45) is 10.7. The molecule has 3 N–H and O–H groups in total. The highest BCUT2D eigenvalue weighted by Gasteiger charge is 2.07. The molecule has 120 valence electrons. The number of benzene rings is 1. The molecule has 2 nitrogen and oxygen atoms in total. The molecule has 1 atom stereocenters. The lowest BCUT2D eigenvalue weighted by Crippen LogP contribution is -2.36. The van der Waals surface area contributed by atoms with E-state index in [1.165, 1.54) is 56.3 Å². The zero-order valence-electron chi connectivity index (χ0n) is 13.1. The van der Waals surface area contributed by atoms with Gasteiger partial charge in [-0.1, -0.05) is 67.8 Å². The Labute approximate surface area is 142 Å². The molecule has 21 heavy (non-hydrogen) atoms. The fourth-order valence-corrected chi connectivity index (χ4v) is 3.54. The van der Waals surface area contributed by atoms with Crippen molar-refractivity contribution in [3.63, 3.8) is 0 Å². The Kier molecular flexibility index (Phi) is 11.3. The summed E-state index contributed by atoms with van der Waals surface area (Å²) in [6, 6.07) is 8.88. The summed E-state index contributed by atoms with van der Waals surface area (Å²) in [6.45, 7) is 2.26. The van der Waals surface area contributed by atoms with E-state index in [2.05, 4.69) is 52.5 Å². The first-order valence-electron chi connectivity index (χ1n) is 8.10. The van der Waals surface area contributed by atoms with Crippen molar-refractivity contribution in [3.05, 3.63) is 28.7 Å². The van der Waals surface area contributed by atoms with Crippen molar-refractivity contribution in [3.8, 4) is 0 Å². The van der Waals surface area contributed by atoms with Gasteiger partial charge in [-0.25, -0.2) is 0 Å². The molecular formula is C17H29BrN2S. The van der Waals surface area contributed by atoms with E-state index in [0.29, 0.717) is 6.04 Å². The van der Waals surface area contributed by atoms with Gasteiger partial charge in [-0.3, -0.25) is 11.3 Å². The SMILES string of the molecule is CCCCCCCCCC(CSc1ccc(Br)cc1)NN. The average molecular weight is 373 g/mol. The number of halogens is 1. The highest BCUT2D eigenvalue weighted by Crippen LogP contribution is 2.22. The first-order valence-corrected chi connectivity index (χ1v) is 9.88. The molecule has 4 heteroatoms. The zero-order chi connectivity index (χ0) is 15.3. The summed E-state index contributed by atoms with van der Waals surface area (Å²) in [5, 5.41) is 0. The Morgan fingerprint density at radius 1 is 1.05 bits per heavy atom.